The van der Waals surface area contributed by atoms with E-state index in [1.54, 1.807) is 0 Å². The summed E-state index contributed by atoms with van der Waals surface area (Å²) in [6, 6.07) is 0. The molecular formula is PSe3. The summed E-state index contributed by atoms with van der Waals surface area (Å²) >= 11 is 8.57. The Morgan fingerprint density at radius 1 is 1.00 bits per heavy atom. The average molecular weight is 268 g/mol. The summed E-state index contributed by atoms with van der Waals surface area (Å²) in [4.78, 5) is 0. The first-order chi connectivity index (χ1) is 1.73. The molecule has 0 nitrogen and oxygen atoms in total. The van der Waals surface area contributed by atoms with Gasteiger partial charge in [-0.2, -0.15) is 0 Å². The van der Waals surface area contributed by atoms with Gasteiger partial charge in [0, 0.05) is 0 Å². The minimum atomic E-state index is 0.00463. The van der Waals surface area contributed by atoms with Gasteiger partial charge in [-0.15, -0.1) is 0 Å². The van der Waals surface area contributed by atoms with Gasteiger partial charge >= 0.3 is 50.7 Å². The molecular weight excluding hydrogens is 268 g/mol. The molecule has 4 heavy (non-hydrogen) atoms. The van der Waals surface area contributed by atoms with E-state index in [0.717, 1.165) is 0 Å². The zero-order chi connectivity index (χ0) is 3.58. The molecule has 0 rings (SSSR count). The molecule has 23 valence electrons. The maximum absolute atomic E-state index is 2.86. The van der Waals surface area contributed by atoms with E-state index in [2.05, 4.69) is 46.7 Å². The first-order valence-corrected chi connectivity index (χ1v) is 8.54. The SMILES string of the molecule is [Se]P([Se])[Se]. The second kappa shape index (κ2) is 3.19. The van der Waals surface area contributed by atoms with Gasteiger partial charge in [-0.1, -0.05) is 0 Å². The van der Waals surface area contributed by atoms with Crippen molar-refractivity contribution >= 4 is 50.7 Å². The molecule has 0 aromatic rings. The number of hydrogen-bond acceptors (Lipinski definition) is 0. The molecule has 0 unspecified atom stereocenters. The molecule has 0 aromatic heterocycles. The molecule has 0 saturated heterocycles. The fourth-order valence-corrected chi connectivity index (χ4v) is 0. The predicted molar refractivity (Wildman–Crippen MR) is 24.2 cm³/mol. The van der Waals surface area contributed by atoms with Gasteiger partial charge in [0.1, 0.15) is 0 Å². The maximum atomic E-state index is 2.86. The van der Waals surface area contributed by atoms with E-state index in [-0.39, 0.29) is 3.99 Å². The normalized spacial score (nSPS) is 9.00. The zero-order valence-corrected chi connectivity index (χ0v) is 7.71. The Bertz CT molecular complexity index is 8.00. The number of hydrogen-bond donors (Lipinski definition) is 0. The molecule has 0 amide bonds. The van der Waals surface area contributed by atoms with E-state index >= 15 is 0 Å². The van der Waals surface area contributed by atoms with Crippen LogP contribution in [0.5, 0.6) is 0 Å². The van der Waals surface area contributed by atoms with E-state index in [1.807, 2.05) is 0 Å². The van der Waals surface area contributed by atoms with Crippen molar-refractivity contribution < 1.29 is 0 Å². The summed E-state index contributed by atoms with van der Waals surface area (Å²) in [7, 11) is 0. The third-order valence-corrected chi connectivity index (χ3v) is 0. The average Bonchev–Trinajstić information content (AvgIpc) is 0.811. The van der Waals surface area contributed by atoms with Crippen molar-refractivity contribution in [3.05, 3.63) is 0 Å². The van der Waals surface area contributed by atoms with Crippen LogP contribution in [0.2, 0.25) is 0 Å². The summed E-state index contributed by atoms with van der Waals surface area (Å²) in [5, 5.41) is 0. The molecule has 4 heteroatoms. The zero-order valence-electron chi connectivity index (χ0n) is 1.67. The molecule has 0 bridgehead atoms. The topological polar surface area (TPSA) is 0 Å². The van der Waals surface area contributed by atoms with Gasteiger partial charge in [-0.05, 0) is 0 Å². The summed E-state index contributed by atoms with van der Waals surface area (Å²) in [6.45, 7) is 0. The molecule has 0 spiro atoms. The van der Waals surface area contributed by atoms with Gasteiger partial charge < -0.3 is 0 Å². The van der Waals surface area contributed by atoms with Crippen LogP contribution in [0.3, 0.4) is 0 Å². The van der Waals surface area contributed by atoms with E-state index in [0.29, 0.717) is 0 Å². The summed E-state index contributed by atoms with van der Waals surface area (Å²) in [5.74, 6) is 0. The Morgan fingerprint density at radius 2 is 1.00 bits per heavy atom. The van der Waals surface area contributed by atoms with Gasteiger partial charge in [0.15, 0.2) is 0 Å². The van der Waals surface area contributed by atoms with Crippen LogP contribution in [0.4, 0.5) is 0 Å². The summed E-state index contributed by atoms with van der Waals surface area (Å²) in [6.07, 6.45) is 0. The van der Waals surface area contributed by atoms with E-state index < -0.39 is 0 Å². The van der Waals surface area contributed by atoms with Gasteiger partial charge in [0.05, 0.1) is 0 Å². The molecule has 3 radical (unpaired) electrons. The van der Waals surface area contributed by atoms with E-state index in [4.69, 9.17) is 0 Å². The molecule has 0 aliphatic rings. The monoisotopic (exact) mass is 271 g/mol. The number of rotatable bonds is 0. The Kier molecular flexibility index (Phi) is 4.77. The van der Waals surface area contributed by atoms with Crippen LogP contribution in [0.1, 0.15) is 0 Å². The van der Waals surface area contributed by atoms with Gasteiger partial charge in [-0.3, -0.25) is 0 Å². The summed E-state index contributed by atoms with van der Waals surface area (Å²) < 4.78 is 0.00463. The van der Waals surface area contributed by atoms with Crippen molar-refractivity contribution in [3.63, 3.8) is 0 Å². The van der Waals surface area contributed by atoms with Crippen LogP contribution >= 0.6 is 3.99 Å². The molecule has 0 aliphatic heterocycles. The third-order valence-electron chi connectivity index (χ3n) is 0. The fourth-order valence-electron chi connectivity index (χ4n) is 0. The molecule has 0 heterocycles. The van der Waals surface area contributed by atoms with Gasteiger partial charge in [-0.25, -0.2) is 0 Å². The molecule has 0 aliphatic carbocycles. The van der Waals surface area contributed by atoms with Crippen LogP contribution in [0.25, 0.3) is 0 Å². The van der Waals surface area contributed by atoms with Crippen LogP contribution < -0.4 is 0 Å². The minimum absolute atomic E-state index is 0.00463. The van der Waals surface area contributed by atoms with Crippen molar-refractivity contribution in [2.24, 2.45) is 0 Å². The van der Waals surface area contributed by atoms with Gasteiger partial charge in [0.25, 0.3) is 0 Å². The van der Waals surface area contributed by atoms with Crippen molar-refractivity contribution in [3.8, 4) is 0 Å². The standard InChI is InChI=1S/PSe3/c2-1(3)4. The van der Waals surface area contributed by atoms with Crippen LogP contribution in [-0.2, 0) is 0 Å². The molecule has 0 saturated carbocycles. The Labute approximate surface area is 50.5 Å². The molecule has 0 atom stereocenters. The first kappa shape index (κ1) is 5.99. The molecule has 0 fully saturated rings. The Balaban J connectivity index is 2.32. The van der Waals surface area contributed by atoms with Crippen molar-refractivity contribution in [1.82, 2.24) is 0 Å². The Hall–Kier alpha value is 1.99. The third kappa shape index (κ3) is 9.01. The van der Waals surface area contributed by atoms with E-state index in [9.17, 15) is 0 Å². The predicted octanol–water partition coefficient (Wildman–Crippen LogP) is -0.281. The van der Waals surface area contributed by atoms with Crippen LogP contribution in [0, 0.1) is 0 Å². The molecule has 0 aromatic carbocycles. The van der Waals surface area contributed by atoms with Crippen LogP contribution in [-0.4, -0.2) is 46.7 Å². The van der Waals surface area contributed by atoms with E-state index in [1.165, 1.54) is 0 Å². The Morgan fingerprint density at radius 3 is 1.00 bits per heavy atom. The van der Waals surface area contributed by atoms with Gasteiger partial charge in [0.2, 0.25) is 0 Å². The van der Waals surface area contributed by atoms with Crippen molar-refractivity contribution in [2.75, 3.05) is 0 Å². The van der Waals surface area contributed by atoms with Crippen molar-refractivity contribution in [2.45, 2.75) is 0 Å². The quantitative estimate of drug-likeness (QED) is 0.418. The van der Waals surface area contributed by atoms with Crippen LogP contribution in [0.15, 0.2) is 0 Å². The second-order valence-electron chi connectivity index (χ2n) is 0.224. The summed E-state index contributed by atoms with van der Waals surface area (Å²) in [5.41, 5.74) is 0. The fraction of sp³-hybridized carbons (Fsp3) is 0. The molecule has 0 N–H and O–H groups in total. The van der Waals surface area contributed by atoms with Crippen molar-refractivity contribution in [1.29, 1.82) is 0 Å². The second-order valence-corrected chi connectivity index (χ2v) is 18.1. The first-order valence-electron chi connectivity index (χ1n) is 0.548.